The zero-order chi connectivity index (χ0) is 20.4. The highest BCUT2D eigenvalue weighted by atomic mass is 16.5. The molecule has 150 valence electrons. The van der Waals surface area contributed by atoms with Crippen LogP contribution in [0.25, 0.3) is 0 Å². The number of nitrogens with zero attached hydrogens (tertiary/aromatic N) is 1. The van der Waals surface area contributed by atoms with Crippen LogP contribution < -0.4 is 15.5 Å². The summed E-state index contributed by atoms with van der Waals surface area (Å²) in [6.07, 6.45) is 2.17. The Balaban J connectivity index is 1.35. The van der Waals surface area contributed by atoms with E-state index < -0.39 is 23.4 Å². The summed E-state index contributed by atoms with van der Waals surface area (Å²) >= 11 is 0. The molecular weight excluding hydrogens is 370 g/mol. The maximum Gasteiger partial charge on any atom is 0.338 e. The van der Waals surface area contributed by atoms with Crippen molar-refractivity contribution in [1.29, 1.82) is 0 Å². The number of hydrogen-bond donors (Lipinski definition) is 2. The molecular formula is C22H23N3O4. The number of carbonyl (C=O) groups is 3. The number of benzene rings is 2. The summed E-state index contributed by atoms with van der Waals surface area (Å²) < 4.78 is 5.44. The average molecular weight is 393 g/mol. The van der Waals surface area contributed by atoms with E-state index in [1.807, 2.05) is 12.1 Å². The SMILES string of the molecule is CC1(c2ccc(C(=O)OCCN3CCCc4ccccc43)cc2)NC(=O)NC1=O. The maximum atomic E-state index is 12.4. The largest absolute Gasteiger partial charge is 0.460 e. The van der Waals surface area contributed by atoms with Crippen LogP contribution in [0, 0.1) is 0 Å². The predicted octanol–water partition coefficient (Wildman–Crippen LogP) is 2.35. The van der Waals surface area contributed by atoms with Gasteiger partial charge in [0.15, 0.2) is 0 Å². The van der Waals surface area contributed by atoms with Crippen LogP contribution in [0.4, 0.5) is 10.5 Å². The molecule has 2 aromatic rings. The molecule has 0 radical (unpaired) electrons. The number of ether oxygens (including phenoxy) is 1. The fourth-order valence-corrected chi connectivity index (χ4v) is 3.86. The monoisotopic (exact) mass is 393 g/mol. The Morgan fingerprint density at radius 1 is 1.14 bits per heavy atom. The molecule has 0 saturated carbocycles. The van der Waals surface area contributed by atoms with Crippen molar-refractivity contribution in [2.45, 2.75) is 25.3 Å². The van der Waals surface area contributed by atoms with Crippen LogP contribution in [0.2, 0.25) is 0 Å². The van der Waals surface area contributed by atoms with E-state index >= 15 is 0 Å². The third kappa shape index (κ3) is 3.68. The van der Waals surface area contributed by atoms with Crippen molar-refractivity contribution in [2.75, 3.05) is 24.6 Å². The van der Waals surface area contributed by atoms with Crippen LogP contribution in [-0.4, -0.2) is 37.6 Å². The molecule has 1 atom stereocenters. The molecule has 3 amide bonds. The number of fused-ring (bicyclic) bond motifs is 1. The highest BCUT2D eigenvalue weighted by molar-refractivity contribution is 6.07. The summed E-state index contributed by atoms with van der Waals surface area (Å²) in [5, 5.41) is 4.83. The summed E-state index contributed by atoms with van der Waals surface area (Å²) in [5.41, 5.74) is 2.41. The predicted molar refractivity (Wildman–Crippen MR) is 108 cm³/mol. The van der Waals surface area contributed by atoms with Gasteiger partial charge in [0.05, 0.1) is 12.1 Å². The van der Waals surface area contributed by atoms with Crippen molar-refractivity contribution >= 4 is 23.6 Å². The van der Waals surface area contributed by atoms with Gasteiger partial charge in [-0.3, -0.25) is 10.1 Å². The summed E-state index contributed by atoms with van der Waals surface area (Å²) in [6.45, 7) is 3.52. The van der Waals surface area contributed by atoms with E-state index in [0.29, 0.717) is 24.3 Å². The number of anilines is 1. The van der Waals surface area contributed by atoms with Gasteiger partial charge in [-0.2, -0.15) is 0 Å². The normalized spacial score (nSPS) is 20.7. The third-order valence-corrected chi connectivity index (χ3v) is 5.54. The molecule has 2 aromatic carbocycles. The summed E-state index contributed by atoms with van der Waals surface area (Å²) in [4.78, 5) is 38.1. The second kappa shape index (κ2) is 7.58. The van der Waals surface area contributed by atoms with Crippen LogP contribution in [-0.2, 0) is 21.5 Å². The lowest BCUT2D eigenvalue weighted by Gasteiger charge is -2.31. The van der Waals surface area contributed by atoms with Gasteiger partial charge in [0, 0.05) is 12.2 Å². The van der Waals surface area contributed by atoms with Crippen molar-refractivity contribution in [3.05, 3.63) is 65.2 Å². The van der Waals surface area contributed by atoms with E-state index in [1.165, 1.54) is 11.3 Å². The van der Waals surface area contributed by atoms with Crippen LogP contribution in [0.5, 0.6) is 0 Å². The number of para-hydroxylation sites is 1. The maximum absolute atomic E-state index is 12.4. The average Bonchev–Trinajstić information content (AvgIpc) is 3.00. The Labute approximate surface area is 169 Å². The van der Waals surface area contributed by atoms with Gasteiger partial charge in [-0.05, 0) is 49.1 Å². The number of amides is 3. The van der Waals surface area contributed by atoms with Crippen molar-refractivity contribution in [2.24, 2.45) is 0 Å². The zero-order valence-electron chi connectivity index (χ0n) is 16.2. The summed E-state index contributed by atoms with van der Waals surface area (Å²) in [6, 6.07) is 14.3. The van der Waals surface area contributed by atoms with E-state index in [-0.39, 0.29) is 0 Å². The molecule has 0 aliphatic carbocycles. The Morgan fingerprint density at radius 2 is 1.90 bits per heavy atom. The van der Waals surface area contributed by atoms with E-state index in [1.54, 1.807) is 31.2 Å². The molecule has 0 aromatic heterocycles. The molecule has 0 bridgehead atoms. The molecule has 29 heavy (non-hydrogen) atoms. The van der Waals surface area contributed by atoms with Gasteiger partial charge < -0.3 is 15.0 Å². The number of hydrogen-bond acceptors (Lipinski definition) is 5. The van der Waals surface area contributed by atoms with Gasteiger partial charge in [-0.1, -0.05) is 30.3 Å². The first-order chi connectivity index (χ1) is 14.0. The van der Waals surface area contributed by atoms with Crippen LogP contribution in [0.15, 0.2) is 48.5 Å². The van der Waals surface area contributed by atoms with Gasteiger partial charge in [-0.15, -0.1) is 0 Å². The van der Waals surface area contributed by atoms with E-state index in [4.69, 9.17) is 4.74 Å². The number of aryl methyl sites for hydroxylation is 1. The lowest BCUT2D eigenvalue weighted by atomic mass is 9.91. The van der Waals surface area contributed by atoms with Gasteiger partial charge in [0.25, 0.3) is 5.91 Å². The van der Waals surface area contributed by atoms with Gasteiger partial charge in [0.1, 0.15) is 12.1 Å². The molecule has 2 aliphatic rings. The second-order valence-corrected chi connectivity index (χ2v) is 7.47. The summed E-state index contributed by atoms with van der Waals surface area (Å²) in [7, 11) is 0. The smallest absolute Gasteiger partial charge is 0.338 e. The molecule has 4 rings (SSSR count). The van der Waals surface area contributed by atoms with Gasteiger partial charge >= 0.3 is 12.0 Å². The van der Waals surface area contributed by atoms with Crippen molar-refractivity contribution in [1.82, 2.24) is 10.6 Å². The van der Waals surface area contributed by atoms with Crippen molar-refractivity contribution in [3.8, 4) is 0 Å². The molecule has 2 N–H and O–H groups in total. The Hall–Kier alpha value is -3.35. The van der Waals surface area contributed by atoms with E-state index in [2.05, 4.69) is 27.7 Å². The number of esters is 1. The highest BCUT2D eigenvalue weighted by Crippen LogP contribution is 2.27. The molecule has 1 fully saturated rings. The first-order valence-electron chi connectivity index (χ1n) is 9.71. The number of carbonyl (C=O) groups excluding carboxylic acids is 3. The van der Waals surface area contributed by atoms with E-state index in [9.17, 15) is 14.4 Å². The Bertz CT molecular complexity index is 957. The quantitative estimate of drug-likeness (QED) is 0.601. The first kappa shape index (κ1) is 19.0. The number of urea groups is 1. The molecule has 2 aliphatic heterocycles. The zero-order valence-corrected chi connectivity index (χ0v) is 16.2. The highest BCUT2D eigenvalue weighted by Gasteiger charge is 2.43. The third-order valence-electron chi connectivity index (χ3n) is 5.54. The minimum Gasteiger partial charge on any atom is -0.460 e. The topological polar surface area (TPSA) is 87.7 Å². The first-order valence-corrected chi connectivity index (χ1v) is 9.71. The minimum absolute atomic E-state index is 0.297. The lowest BCUT2D eigenvalue weighted by molar-refractivity contribution is -0.123. The Morgan fingerprint density at radius 3 is 2.62 bits per heavy atom. The second-order valence-electron chi connectivity index (χ2n) is 7.47. The van der Waals surface area contributed by atoms with Crippen molar-refractivity contribution in [3.63, 3.8) is 0 Å². The molecule has 7 heteroatoms. The van der Waals surface area contributed by atoms with Crippen molar-refractivity contribution < 1.29 is 19.1 Å². The number of imide groups is 1. The molecule has 1 saturated heterocycles. The van der Waals surface area contributed by atoms with E-state index in [0.717, 1.165) is 19.4 Å². The molecule has 7 nitrogen and oxygen atoms in total. The van der Waals surface area contributed by atoms with Gasteiger partial charge in [-0.25, -0.2) is 9.59 Å². The molecule has 1 unspecified atom stereocenters. The molecule has 2 heterocycles. The fraction of sp³-hybridized carbons (Fsp3) is 0.318. The van der Waals surface area contributed by atoms with Crippen LogP contribution in [0.1, 0.15) is 34.8 Å². The van der Waals surface area contributed by atoms with Gasteiger partial charge in [0.2, 0.25) is 0 Å². The minimum atomic E-state index is -1.14. The molecule has 0 spiro atoms. The standard InChI is InChI=1S/C22H23N3O4/c1-22(20(27)23-21(28)24-22)17-10-8-16(9-11-17)19(26)29-14-13-25-12-4-6-15-5-2-3-7-18(15)25/h2-3,5,7-11H,4,6,12-14H2,1H3,(H2,23,24,27,28). The number of nitrogens with one attached hydrogen (secondary N) is 2. The van der Waals surface area contributed by atoms with Crippen LogP contribution in [0.3, 0.4) is 0 Å². The lowest BCUT2D eigenvalue weighted by Crippen LogP contribution is -2.40. The number of rotatable bonds is 5. The van der Waals surface area contributed by atoms with Crippen LogP contribution >= 0.6 is 0 Å². The summed E-state index contributed by atoms with van der Waals surface area (Å²) in [5.74, 6) is -0.827. The fourth-order valence-electron chi connectivity index (χ4n) is 3.86. The Kier molecular flexibility index (Phi) is 4.96.